The molecule has 1 aromatic carbocycles. The van der Waals surface area contributed by atoms with Gasteiger partial charge in [0.2, 0.25) is 0 Å². The van der Waals surface area contributed by atoms with Crippen LogP contribution < -0.4 is 10.3 Å². The van der Waals surface area contributed by atoms with E-state index < -0.39 is 0 Å². The summed E-state index contributed by atoms with van der Waals surface area (Å²) < 4.78 is 12.8. The summed E-state index contributed by atoms with van der Waals surface area (Å²) in [5.41, 5.74) is 1.56. The van der Waals surface area contributed by atoms with Gasteiger partial charge in [-0.3, -0.25) is 4.79 Å². The Hall–Kier alpha value is -2.34. The molecule has 0 N–H and O–H groups in total. The fourth-order valence-electron chi connectivity index (χ4n) is 2.08. The molecule has 0 aliphatic carbocycles. The maximum atomic E-state index is 11.8. The molecule has 2 heterocycles. The van der Waals surface area contributed by atoms with Crippen molar-refractivity contribution in [2.24, 2.45) is 0 Å². The van der Waals surface area contributed by atoms with Crippen molar-refractivity contribution in [3.05, 3.63) is 69.2 Å². The van der Waals surface area contributed by atoms with Crippen LogP contribution >= 0.6 is 15.9 Å². The predicted molar refractivity (Wildman–Crippen MR) is 86.0 cm³/mol. The van der Waals surface area contributed by atoms with Crippen molar-refractivity contribution in [2.75, 3.05) is 7.11 Å². The number of halogens is 1. The minimum atomic E-state index is -0.0920. The smallest absolute Gasteiger partial charge is 0.251 e. The third-order valence-electron chi connectivity index (χ3n) is 3.22. The van der Waals surface area contributed by atoms with Gasteiger partial charge in [-0.15, -0.1) is 0 Å². The SMILES string of the molecule is COc1ccc(-c2cc(Cn3cc(Br)ccc3=O)on2)cc1. The summed E-state index contributed by atoms with van der Waals surface area (Å²) in [7, 11) is 1.62. The van der Waals surface area contributed by atoms with Crippen molar-refractivity contribution in [1.82, 2.24) is 9.72 Å². The van der Waals surface area contributed by atoms with Crippen LogP contribution in [0.2, 0.25) is 0 Å². The number of ether oxygens (including phenoxy) is 1. The molecule has 22 heavy (non-hydrogen) atoms. The van der Waals surface area contributed by atoms with Gasteiger partial charge >= 0.3 is 0 Å². The molecule has 5 nitrogen and oxygen atoms in total. The lowest BCUT2D eigenvalue weighted by Crippen LogP contribution is -2.18. The van der Waals surface area contributed by atoms with Gasteiger partial charge in [0, 0.05) is 28.4 Å². The summed E-state index contributed by atoms with van der Waals surface area (Å²) in [4.78, 5) is 11.8. The molecule has 0 saturated carbocycles. The van der Waals surface area contributed by atoms with E-state index in [1.165, 1.54) is 6.07 Å². The third kappa shape index (κ3) is 3.12. The molecular weight excluding hydrogens is 348 g/mol. The second-order valence-corrected chi connectivity index (χ2v) is 5.64. The Labute approximate surface area is 135 Å². The van der Waals surface area contributed by atoms with E-state index in [1.54, 1.807) is 23.9 Å². The Balaban J connectivity index is 1.84. The minimum absolute atomic E-state index is 0.0920. The number of nitrogens with zero attached hydrogens (tertiary/aromatic N) is 2. The Morgan fingerprint density at radius 2 is 2.00 bits per heavy atom. The number of methoxy groups -OCH3 is 1. The maximum absolute atomic E-state index is 11.8. The lowest BCUT2D eigenvalue weighted by atomic mass is 10.1. The Morgan fingerprint density at radius 3 is 2.73 bits per heavy atom. The molecule has 0 aliphatic rings. The van der Waals surface area contributed by atoms with Crippen molar-refractivity contribution in [3.63, 3.8) is 0 Å². The first kappa shape index (κ1) is 14.6. The number of benzene rings is 1. The third-order valence-corrected chi connectivity index (χ3v) is 3.69. The Kier molecular flexibility index (Phi) is 4.11. The quantitative estimate of drug-likeness (QED) is 0.715. The number of pyridine rings is 1. The van der Waals surface area contributed by atoms with E-state index in [-0.39, 0.29) is 5.56 Å². The second kappa shape index (κ2) is 6.19. The molecule has 0 amide bonds. The molecule has 0 spiro atoms. The zero-order chi connectivity index (χ0) is 15.5. The van der Waals surface area contributed by atoms with E-state index in [4.69, 9.17) is 9.26 Å². The highest BCUT2D eigenvalue weighted by molar-refractivity contribution is 9.10. The topological polar surface area (TPSA) is 57.3 Å². The van der Waals surface area contributed by atoms with Crippen LogP contribution in [0, 0.1) is 0 Å². The summed E-state index contributed by atoms with van der Waals surface area (Å²) in [5, 5.41) is 4.05. The summed E-state index contributed by atoms with van der Waals surface area (Å²) in [5.74, 6) is 1.40. The van der Waals surface area contributed by atoms with Crippen molar-refractivity contribution in [3.8, 4) is 17.0 Å². The number of hydrogen-bond acceptors (Lipinski definition) is 4. The molecular formula is C16H13BrN2O3. The largest absolute Gasteiger partial charge is 0.497 e. The van der Waals surface area contributed by atoms with Crippen LogP contribution in [0.3, 0.4) is 0 Å². The van der Waals surface area contributed by atoms with Gasteiger partial charge < -0.3 is 13.8 Å². The molecule has 0 radical (unpaired) electrons. The fraction of sp³-hybridized carbons (Fsp3) is 0.125. The lowest BCUT2D eigenvalue weighted by Gasteiger charge is -2.02. The molecule has 0 bridgehead atoms. The first-order chi connectivity index (χ1) is 10.7. The molecule has 0 saturated heterocycles. The van der Waals surface area contributed by atoms with Crippen LogP contribution in [0.25, 0.3) is 11.3 Å². The van der Waals surface area contributed by atoms with Crippen molar-refractivity contribution >= 4 is 15.9 Å². The second-order valence-electron chi connectivity index (χ2n) is 4.72. The Bertz CT molecular complexity index is 837. The van der Waals surface area contributed by atoms with Crippen molar-refractivity contribution in [2.45, 2.75) is 6.54 Å². The van der Waals surface area contributed by atoms with Crippen LogP contribution in [0.4, 0.5) is 0 Å². The Morgan fingerprint density at radius 1 is 1.23 bits per heavy atom. The number of hydrogen-bond donors (Lipinski definition) is 0. The van der Waals surface area contributed by atoms with Gasteiger partial charge in [0.15, 0.2) is 5.76 Å². The zero-order valence-electron chi connectivity index (χ0n) is 11.8. The van der Waals surface area contributed by atoms with Crippen LogP contribution in [-0.4, -0.2) is 16.8 Å². The highest BCUT2D eigenvalue weighted by Gasteiger charge is 2.08. The molecule has 3 aromatic rings. The van der Waals surface area contributed by atoms with E-state index in [0.717, 1.165) is 21.5 Å². The summed E-state index contributed by atoms with van der Waals surface area (Å²) in [6.07, 6.45) is 1.72. The molecule has 0 aliphatic heterocycles. The molecule has 3 rings (SSSR count). The number of rotatable bonds is 4. The fourth-order valence-corrected chi connectivity index (χ4v) is 2.46. The van der Waals surface area contributed by atoms with Gasteiger partial charge in [-0.25, -0.2) is 0 Å². The standard InChI is InChI=1S/C16H13BrN2O3/c1-21-13-5-2-11(3-6-13)15-8-14(22-18-15)10-19-9-12(17)4-7-16(19)20/h2-9H,10H2,1H3. The minimum Gasteiger partial charge on any atom is -0.497 e. The molecule has 0 unspecified atom stereocenters. The molecule has 112 valence electrons. The first-order valence-electron chi connectivity index (χ1n) is 6.62. The normalized spacial score (nSPS) is 10.6. The summed E-state index contributed by atoms with van der Waals surface area (Å²) in [6, 6.07) is 12.6. The molecule has 0 fully saturated rings. The van der Waals surface area contributed by atoms with Crippen LogP contribution in [0.1, 0.15) is 5.76 Å². The highest BCUT2D eigenvalue weighted by Crippen LogP contribution is 2.22. The first-order valence-corrected chi connectivity index (χ1v) is 7.41. The van der Waals surface area contributed by atoms with E-state index in [2.05, 4.69) is 21.1 Å². The van der Waals surface area contributed by atoms with Gasteiger partial charge in [0.1, 0.15) is 11.4 Å². The van der Waals surface area contributed by atoms with Gasteiger partial charge in [-0.1, -0.05) is 5.16 Å². The van der Waals surface area contributed by atoms with E-state index in [9.17, 15) is 4.79 Å². The van der Waals surface area contributed by atoms with Crippen molar-refractivity contribution < 1.29 is 9.26 Å². The zero-order valence-corrected chi connectivity index (χ0v) is 13.4. The molecule has 2 aromatic heterocycles. The van der Waals surface area contributed by atoms with E-state index >= 15 is 0 Å². The average Bonchev–Trinajstić information content (AvgIpc) is 2.99. The van der Waals surface area contributed by atoms with Gasteiger partial charge in [-0.05, 0) is 46.3 Å². The molecule has 6 heteroatoms. The van der Waals surface area contributed by atoms with Crippen molar-refractivity contribution in [1.29, 1.82) is 0 Å². The molecule has 0 atom stereocenters. The monoisotopic (exact) mass is 360 g/mol. The van der Waals surface area contributed by atoms with E-state index in [1.807, 2.05) is 30.3 Å². The van der Waals surface area contributed by atoms with Gasteiger partial charge in [0.05, 0.1) is 13.7 Å². The lowest BCUT2D eigenvalue weighted by molar-refractivity contribution is 0.377. The summed E-state index contributed by atoms with van der Waals surface area (Å²) in [6.45, 7) is 0.335. The average molecular weight is 361 g/mol. The number of aromatic nitrogens is 2. The predicted octanol–water partition coefficient (Wildman–Crippen LogP) is 3.32. The van der Waals surface area contributed by atoms with Crippen LogP contribution in [0.15, 0.2) is 62.5 Å². The van der Waals surface area contributed by atoms with Crippen LogP contribution in [-0.2, 0) is 6.54 Å². The maximum Gasteiger partial charge on any atom is 0.251 e. The highest BCUT2D eigenvalue weighted by atomic mass is 79.9. The van der Waals surface area contributed by atoms with Gasteiger partial charge in [-0.2, -0.15) is 0 Å². The summed E-state index contributed by atoms with van der Waals surface area (Å²) >= 11 is 3.35. The van der Waals surface area contributed by atoms with Crippen LogP contribution in [0.5, 0.6) is 5.75 Å². The van der Waals surface area contributed by atoms with Gasteiger partial charge in [0.25, 0.3) is 5.56 Å². The van der Waals surface area contributed by atoms with E-state index in [0.29, 0.717) is 12.3 Å².